The lowest BCUT2D eigenvalue weighted by molar-refractivity contribution is -0.269. The summed E-state index contributed by atoms with van der Waals surface area (Å²) in [6, 6.07) is 39.3. The lowest BCUT2D eigenvalue weighted by Gasteiger charge is -2.38. The van der Waals surface area contributed by atoms with Gasteiger partial charge in [0.2, 0.25) is 0 Å². The maximum Gasteiger partial charge on any atom is 0.421 e. The van der Waals surface area contributed by atoms with Crippen LogP contribution in [0.3, 0.4) is 0 Å². The molecular weight excluding hydrogens is 819 g/mol. The van der Waals surface area contributed by atoms with E-state index in [0.29, 0.717) is 11.5 Å². The van der Waals surface area contributed by atoms with Crippen molar-refractivity contribution < 1.29 is 55.5 Å². The van der Waals surface area contributed by atoms with Crippen LogP contribution in [-0.2, 0) is 11.2 Å². The molecule has 0 saturated heterocycles. The molecule has 0 aromatic heterocycles. The smallest absolute Gasteiger partial charge is 0.421 e. The Hall–Kier alpha value is -5.63. The maximum absolute atomic E-state index is 15.4. The van der Waals surface area contributed by atoms with Crippen molar-refractivity contribution >= 4 is 11.8 Å². The van der Waals surface area contributed by atoms with E-state index in [-0.39, 0.29) is 47.3 Å². The first-order valence-corrected chi connectivity index (χ1v) is 20.4. The number of ether oxygens (including phenoxy) is 4. The summed E-state index contributed by atoms with van der Waals surface area (Å²) in [5.41, 5.74) is -7.59. The van der Waals surface area contributed by atoms with Crippen molar-refractivity contribution in [1.29, 1.82) is 0 Å². The quantitative estimate of drug-likeness (QED) is 0.0834. The topological polar surface area (TPSA) is 77.4 Å². The molecule has 0 radical (unpaired) electrons. The van der Waals surface area contributed by atoms with E-state index in [9.17, 15) is 10.2 Å². The molecule has 4 atom stereocenters. The zero-order valence-electron chi connectivity index (χ0n) is 33.2. The molecule has 0 amide bonds. The van der Waals surface area contributed by atoms with Crippen LogP contribution in [0.5, 0.6) is 34.5 Å². The van der Waals surface area contributed by atoms with Crippen LogP contribution < -0.4 is 18.9 Å². The molecule has 6 aromatic rings. The molecule has 0 aliphatic carbocycles. The summed E-state index contributed by atoms with van der Waals surface area (Å²) >= 11 is 0.743. The Balaban J connectivity index is 1.50. The lowest BCUT2D eigenvalue weighted by atomic mass is 9.86. The molecule has 13 heteroatoms. The Morgan fingerprint density at radius 1 is 0.443 bits per heavy atom. The molecule has 320 valence electrons. The predicted octanol–water partition coefficient (Wildman–Crippen LogP) is 13.3. The maximum atomic E-state index is 15.4. The van der Waals surface area contributed by atoms with E-state index >= 15 is 26.3 Å². The minimum Gasteiger partial charge on any atom is -0.494 e. The fourth-order valence-electron chi connectivity index (χ4n) is 6.81. The zero-order valence-corrected chi connectivity index (χ0v) is 34.0. The van der Waals surface area contributed by atoms with E-state index in [4.69, 9.17) is 18.9 Å². The molecule has 6 nitrogen and oxygen atoms in total. The van der Waals surface area contributed by atoms with E-state index in [1.807, 2.05) is 0 Å². The largest absolute Gasteiger partial charge is 0.494 e. The third kappa shape index (κ3) is 11.0. The number of benzene rings is 6. The van der Waals surface area contributed by atoms with Gasteiger partial charge in [0, 0.05) is 23.3 Å². The second-order valence-electron chi connectivity index (χ2n) is 14.1. The number of alkyl halides is 6. The average Bonchev–Trinajstić information content (AvgIpc) is 3.24. The van der Waals surface area contributed by atoms with Crippen molar-refractivity contribution in [2.75, 3.05) is 13.2 Å². The van der Waals surface area contributed by atoms with Crippen LogP contribution in [0.4, 0.5) is 26.3 Å². The van der Waals surface area contributed by atoms with E-state index < -0.39 is 58.0 Å². The van der Waals surface area contributed by atoms with Gasteiger partial charge in [0.05, 0.1) is 13.2 Å². The third-order valence-electron chi connectivity index (χ3n) is 9.93. The van der Waals surface area contributed by atoms with Crippen molar-refractivity contribution in [3.05, 3.63) is 180 Å². The SMILES string of the molecule is CCOc1ccc(C(O)(CC(SC(CC(O)(c2ccc(OCC)cc2)C(F)(F)F)c2cccc(Oc3ccccc3)c2)c2cccc(Oc3ccccc3)c2)C(F)(F)F)cc1. The van der Waals surface area contributed by atoms with Gasteiger partial charge in [0.15, 0.2) is 11.2 Å². The molecular formula is C48H44F6O6S. The van der Waals surface area contributed by atoms with E-state index in [2.05, 4.69) is 0 Å². The Kier molecular flexibility index (Phi) is 14.3. The number of aliphatic hydroxyl groups is 2. The molecule has 0 fully saturated rings. The number of halogens is 6. The van der Waals surface area contributed by atoms with E-state index in [0.717, 1.165) is 36.0 Å². The normalized spacial score (nSPS) is 14.9. The number of para-hydroxylation sites is 2. The van der Waals surface area contributed by atoms with Gasteiger partial charge < -0.3 is 29.2 Å². The van der Waals surface area contributed by atoms with Crippen molar-refractivity contribution in [1.82, 2.24) is 0 Å². The van der Waals surface area contributed by atoms with E-state index in [1.54, 1.807) is 98.8 Å². The molecule has 6 aromatic carbocycles. The van der Waals surface area contributed by atoms with Crippen LogP contribution in [0, 0.1) is 0 Å². The fraction of sp³-hybridized carbons (Fsp3) is 0.250. The van der Waals surface area contributed by atoms with Gasteiger partial charge in [-0.3, -0.25) is 0 Å². The summed E-state index contributed by atoms with van der Waals surface area (Å²) < 4.78 is 115. The Morgan fingerprint density at radius 3 is 1.11 bits per heavy atom. The first-order valence-electron chi connectivity index (χ1n) is 19.5. The summed E-state index contributed by atoms with van der Waals surface area (Å²) in [6.07, 6.45) is -12.6. The van der Waals surface area contributed by atoms with Gasteiger partial charge >= 0.3 is 12.4 Å². The Bertz CT molecular complexity index is 2130. The molecule has 2 N–H and O–H groups in total. The molecule has 4 unspecified atom stereocenters. The summed E-state index contributed by atoms with van der Waals surface area (Å²) in [5.74, 6) is 1.91. The first kappa shape index (κ1) is 44.9. The highest BCUT2D eigenvalue weighted by Crippen LogP contribution is 2.56. The summed E-state index contributed by atoms with van der Waals surface area (Å²) in [6.45, 7) is 3.94. The van der Waals surface area contributed by atoms with Gasteiger partial charge in [-0.2, -0.15) is 26.3 Å². The Morgan fingerprint density at radius 2 is 0.787 bits per heavy atom. The van der Waals surface area contributed by atoms with Crippen molar-refractivity contribution in [3.63, 3.8) is 0 Å². The fourth-order valence-corrected chi connectivity index (χ4v) is 8.49. The lowest BCUT2D eigenvalue weighted by Crippen LogP contribution is -2.44. The van der Waals surface area contributed by atoms with E-state index in [1.165, 1.54) is 48.5 Å². The minimum atomic E-state index is -5.26. The second kappa shape index (κ2) is 19.4. The molecule has 0 spiro atoms. The monoisotopic (exact) mass is 862 g/mol. The van der Waals surface area contributed by atoms with Crippen molar-refractivity contribution in [2.24, 2.45) is 0 Å². The van der Waals surface area contributed by atoms with Crippen molar-refractivity contribution in [3.8, 4) is 34.5 Å². The van der Waals surface area contributed by atoms with Gasteiger partial charge in [0.25, 0.3) is 0 Å². The highest BCUT2D eigenvalue weighted by atomic mass is 32.2. The third-order valence-corrected chi connectivity index (χ3v) is 11.5. The highest BCUT2D eigenvalue weighted by molar-refractivity contribution is 7.99. The average molecular weight is 863 g/mol. The van der Waals surface area contributed by atoms with Crippen LogP contribution >= 0.6 is 11.8 Å². The molecule has 61 heavy (non-hydrogen) atoms. The molecule has 0 saturated carbocycles. The van der Waals surface area contributed by atoms with Crippen LogP contribution in [0.25, 0.3) is 0 Å². The van der Waals surface area contributed by atoms with Gasteiger partial charge in [-0.05, 0) is 109 Å². The predicted molar refractivity (Wildman–Crippen MR) is 223 cm³/mol. The zero-order chi connectivity index (χ0) is 43.7. The van der Waals surface area contributed by atoms with Crippen LogP contribution in [0.2, 0.25) is 0 Å². The molecule has 0 aliphatic heterocycles. The molecule has 0 bridgehead atoms. The van der Waals surface area contributed by atoms with Gasteiger partial charge in [-0.25, -0.2) is 0 Å². The number of hydrogen-bond acceptors (Lipinski definition) is 7. The number of rotatable bonds is 18. The minimum absolute atomic E-state index is 0.213. The van der Waals surface area contributed by atoms with Gasteiger partial charge in [-0.1, -0.05) is 84.9 Å². The van der Waals surface area contributed by atoms with Gasteiger partial charge in [-0.15, -0.1) is 11.8 Å². The van der Waals surface area contributed by atoms with Crippen LogP contribution in [-0.4, -0.2) is 35.8 Å². The second-order valence-corrected chi connectivity index (χ2v) is 15.5. The molecule has 0 heterocycles. The van der Waals surface area contributed by atoms with Crippen molar-refractivity contribution in [2.45, 2.75) is 60.7 Å². The summed E-state index contributed by atoms with van der Waals surface area (Å²) in [7, 11) is 0. The van der Waals surface area contributed by atoms with Crippen LogP contribution in [0.1, 0.15) is 59.4 Å². The summed E-state index contributed by atoms with van der Waals surface area (Å²) in [5, 5.41) is 21.1. The summed E-state index contributed by atoms with van der Waals surface area (Å²) in [4.78, 5) is 0. The van der Waals surface area contributed by atoms with Crippen LogP contribution in [0.15, 0.2) is 158 Å². The molecule has 6 rings (SSSR count). The number of thioether (sulfide) groups is 1. The number of hydrogen-bond donors (Lipinski definition) is 2. The molecule has 0 aliphatic rings. The van der Waals surface area contributed by atoms with Gasteiger partial charge in [0.1, 0.15) is 34.5 Å². The first-order chi connectivity index (χ1) is 29.1. The standard InChI is InChI=1S/C48H44F6O6S/c1-3-57-37-25-21-35(22-26-37)45(55,47(49,50)51)31-43(33-13-11-19-41(29-33)59-39-15-7-5-8-16-39)61-44(34-14-12-20-42(30-34)60-40-17-9-6-10-18-40)32-46(56,48(52,53)54)36-23-27-38(28-24-36)58-4-2/h5-30,43-44,55-56H,3-4,31-32H2,1-2H3. The Labute approximate surface area is 354 Å². The highest BCUT2D eigenvalue weighted by Gasteiger charge is 2.58.